The number of nitrogens with zero attached hydrogens (tertiary/aromatic N) is 1. The maximum atomic E-state index is 11.1. The van der Waals surface area contributed by atoms with Crippen LogP contribution in [-0.4, -0.2) is 10.8 Å². The standard InChI is InChI=1S/C15H21NO/c1-10(17)5-6-12-9-13-11(2)16-8-7-14(13)15(12,3)4/h7-8,12H,5-6,9H2,1-4H3. The highest BCUT2D eigenvalue weighted by atomic mass is 16.1. The average Bonchev–Trinajstić information content (AvgIpc) is 2.50. The lowest BCUT2D eigenvalue weighted by Gasteiger charge is -2.28. The number of fused-ring (bicyclic) bond motifs is 1. The first-order valence-electron chi connectivity index (χ1n) is 6.37. The van der Waals surface area contributed by atoms with Crippen molar-refractivity contribution in [2.45, 2.75) is 52.4 Å². The number of rotatable bonds is 3. The zero-order valence-electron chi connectivity index (χ0n) is 11.2. The van der Waals surface area contributed by atoms with Crippen molar-refractivity contribution in [1.29, 1.82) is 0 Å². The van der Waals surface area contributed by atoms with Crippen LogP contribution in [0.15, 0.2) is 12.3 Å². The van der Waals surface area contributed by atoms with Crippen molar-refractivity contribution in [3.05, 3.63) is 29.1 Å². The van der Waals surface area contributed by atoms with Gasteiger partial charge in [0.1, 0.15) is 5.78 Å². The smallest absolute Gasteiger partial charge is 0.129 e. The Morgan fingerprint density at radius 3 is 2.82 bits per heavy atom. The van der Waals surface area contributed by atoms with Crippen LogP contribution in [0.5, 0.6) is 0 Å². The quantitative estimate of drug-likeness (QED) is 0.799. The van der Waals surface area contributed by atoms with E-state index in [1.165, 1.54) is 11.1 Å². The fraction of sp³-hybridized carbons (Fsp3) is 0.600. The summed E-state index contributed by atoms with van der Waals surface area (Å²) in [6.07, 6.45) is 4.68. The van der Waals surface area contributed by atoms with Gasteiger partial charge in [0.25, 0.3) is 0 Å². The van der Waals surface area contributed by atoms with Crippen molar-refractivity contribution in [3.8, 4) is 0 Å². The highest BCUT2D eigenvalue weighted by molar-refractivity contribution is 5.75. The molecule has 1 aromatic heterocycles. The second kappa shape index (κ2) is 4.25. The number of hydrogen-bond acceptors (Lipinski definition) is 2. The Morgan fingerprint density at radius 2 is 2.24 bits per heavy atom. The van der Waals surface area contributed by atoms with Crippen LogP contribution in [0.1, 0.15) is 50.4 Å². The van der Waals surface area contributed by atoms with Crippen LogP contribution in [0.3, 0.4) is 0 Å². The van der Waals surface area contributed by atoms with Gasteiger partial charge in [-0.3, -0.25) is 4.98 Å². The van der Waals surface area contributed by atoms with E-state index in [1.807, 2.05) is 6.20 Å². The molecule has 0 radical (unpaired) electrons. The first-order chi connectivity index (χ1) is 7.93. The minimum absolute atomic E-state index is 0.179. The molecule has 0 aliphatic heterocycles. The maximum Gasteiger partial charge on any atom is 0.129 e. The van der Waals surface area contributed by atoms with Gasteiger partial charge in [0, 0.05) is 18.3 Å². The Bertz CT molecular complexity index is 448. The number of aromatic nitrogens is 1. The van der Waals surface area contributed by atoms with E-state index in [1.54, 1.807) is 6.92 Å². The number of hydrogen-bond donors (Lipinski definition) is 0. The van der Waals surface area contributed by atoms with E-state index in [9.17, 15) is 4.79 Å². The number of aryl methyl sites for hydroxylation is 1. The van der Waals surface area contributed by atoms with Gasteiger partial charge < -0.3 is 4.79 Å². The van der Waals surface area contributed by atoms with E-state index < -0.39 is 0 Å². The van der Waals surface area contributed by atoms with Gasteiger partial charge in [-0.1, -0.05) is 13.8 Å². The summed E-state index contributed by atoms with van der Waals surface area (Å²) < 4.78 is 0. The molecule has 17 heavy (non-hydrogen) atoms. The molecule has 0 N–H and O–H groups in total. The van der Waals surface area contributed by atoms with Crippen LogP contribution in [0.4, 0.5) is 0 Å². The number of ketones is 1. The molecule has 0 aromatic carbocycles. The van der Waals surface area contributed by atoms with E-state index >= 15 is 0 Å². The van der Waals surface area contributed by atoms with E-state index in [4.69, 9.17) is 0 Å². The van der Waals surface area contributed by atoms with Crippen molar-refractivity contribution >= 4 is 5.78 Å². The Kier molecular flexibility index (Phi) is 3.07. The molecule has 2 rings (SSSR count). The minimum atomic E-state index is 0.179. The molecule has 1 atom stereocenters. The molecule has 1 aliphatic rings. The third-order valence-electron chi connectivity index (χ3n) is 4.28. The topological polar surface area (TPSA) is 30.0 Å². The number of carbonyl (C=O) groups excluding carboxylic acids is 1. The van der Waals surface area contributed by atoms with Crippen molar-refractivity contribution in [2.24, 2.45) is 5.92 Å². The third kappa shape index (κ3) is 2.13. The van der Waals surface area contributed by atoms with Crippen molar-refractivity contribution in [1.82, 2.24) is 4.98 Å². The fourth-order valence-corrected chi connectivity index (χ4v) is 3.02. The van der Waals surface area contributed by atoms with Crippen molar-refractivity contribution in [3.63, 3.8) is 0 Å². The Balaban J connectivity index is 2.26. The van der Waals surface area contributed by atoms with Crippen LogP contribution < -0.4 is 0 Å². The van der Waals surface area contributed by atoms with E-state index in [0.29, 0.717) is 18.1 Å². The van der Waals surface area contributed by atoms with E-state index in [0.717, 1.165) is 18.5 Å². The molecule has 1 aliphatic carbocycles. The van der Waals surface area contributed by atoms with Gasteiger partial charge in [-0.25, -0.2) is 0 Å². The van der Waals surface area contributed by atoms with Gasteiger partial charge in [-0.2, -0.15) is 0 Å². The lowest BCUT2D eigenvalue weighted by atomic mass is 9.76. The first kappa shape index (κ1) is 12.3. The van der Waals surface area contributed by atoms with Crippen LogP contribution in [0.2, 0.25) is 0 Å². The molecular weight excluding hydrogens is 210 g/mol. The van der Waals surface area contributed by atoms with Gasteiger partial charge in [0.15, 0.2) is 0 Å². The summed E-state index contributed by atoms with van der Waals surface area (Å²) in [5.41, 5.74) is 4.17. The minimum Gasteiger partial charge on any atom is -0.300 e. The predicted octanol–water partition coefficient (Wildman–Crippen LogP) is 3.21. The monoisotopic (exact) mass is 231 g/mol. The summed E-state index contributed by atoms with van der Waals surface area (Å²) in [6.45, 7) is 8.36. The van der Waals surface area contributed by atoms with Gasteiger partial charge in [-0.05, 0) is 55.2 Å². The number of pyridine rings is 1. The normalized spacial score (nSPS) is 21.3. The largest absolute Gasteiger partial charge is 0.300 e. The second-order valence-corrected chi connectivity index (χ2v) is 5.79. The Morgan fingerprint density at radius 1 is 1.53 bits per heavy atom. The lowest BCUT2D eigenvalue weighted by molar-refractivity contribution is -0.117. The summed E-state index contributed by atoms with van der Waals surface area (Å²) in [7, 11) is 0. The number of carbonyl (C=O) groups is 1. The Labute approximate surface area is 103 Å². The van der Waals surface area contributed by atoms with Gasteiger partial charge >= 0.3 is 0 Å². The SMILES string of the molecule is CC(=O)CCC1Cc2c(ccnc2C)C1(C)C. The molecule has 92 valence electrons. The summed E-state index contributed by atoms with van der Waals surface area (Å²) >= 11 is 0. The molecule has 0 spiro atoms. The van der Waals surface area contributed by atoms with Gasteiger partial charge in [0.05, 0.1) is 0 Å². The molecule has 1 unspecified atom stereocenters. The second-order valence-electron chi connectivity index (χ2n) is 5.79. The molecule has 0 saturated heterocycles. The summed E-state index contributed by atoms with van der Waals surface area (Å²) in [6, 6.07) is 2.15. The van der Waals surface area contributed by atoms with Crippen LogP contribution in [-0.2, 0) is 16.6 Å². The van der Waals surface area contributed by atoms with E-state index in [2.05, 4.69) is 31.8 Å². The molecule has 2 nitrogen and oxygen atoms in total. The average molecular weight is 231 g/mol. The maximum absolute atomic E-state index is 11.1. The third-order valence-corrected chi connectivity index (χ3v) is 4.28. The van der Waals surface area contributed by atoms with Crippen molar-refractivity contribution in [2.75, 3.05) is 0 Å². The summed E-state index contributed by atoms with van der Waals surface area (Å²) in [4.78, 5) is 15.5. The van der Waals surface area contributed by atoms with E-state index in [-0.39, 0.29) is 5.41 Å². The molecular formula is C15H21NO. The Hall–Kier alpha value is -1.18. The van der Waals surface area contributed by atoms with Crippen LogP contribution in [0, 0.1) is 12.8 Å². The predicted molar refractivity (Wildman–Crippen MR) is 69.1 cm³/mol. The molecule has 1 aromatic rings. The molecule has 0 fully saturated rings. The van der Waals surface area contributed by atoms with Crippen LogP contribution >= 0.6 is 0 Å². The zero-order chi connectivity index (χ0) is 12.6. The van der Waals surface area contributed by atoms with Gasteiger partial charge in [-0.15, -0.1) is 0 Å². The highest BCUT2D eigenvalue weighted by Gasteiger charge is 2.39. The molecule has 0 bridgehead atoms. The fourth-order valence-electron chi connectivity index (χ4n) is 3.02. The molecule has 1 heterocycles. The first-order valence-corrected chi connectivity index (χ1v) is 6.37. The summed E-state index contributed by atoms with van der Waals surface area (Å²) in [5, 5.41) is 0. The van der Waals surface area contributed by atoms with Crippen LogP contribution in [0.25, 0.3) is 0 Å². The zero-order valence-corrected chi connectivity index (χ0v) is 11.2. The molecule has 0 amide bonds. The molecule has 0 saturated carbocycles. The lowest BCUT2D eigenvalue weighted by Crippen LogP contribution is -2.24. The highest BCUT2D eigenvalue weighted by Crippen LogP contribution is 2.45. The van der Waals surface area contributed by atoms with Gasteiger partial charge in [0.2, 0.25) is 0 Å². The number of Topliss-reactive ketones (excluding diaryl/α,β-unsaturated/α-hetero) is 1. The summed E-state index contributed by atoms with van der Waals surface area (Å²) in [5.74, 6) is 0.871. The molecule has 2 heteroatoms. The van der Waals surface area contributed by atoms with Crippen molar-refractivity contribution < 1.29 is 4.79 Å².